The predicted molar refractivity (Wildman–Crippen MR) is 76.9 cm³/mol. The Morgan fingerprint density at radius 3 is 3.00 bits per heavy atom. The van der Waals surface area contributed by atoms with Gasteiger partial charge in [0.15, 0.2) is 0 Å². The van der Waals surface area contributed by atoms with Crippen molar-refractivity contribution in [3.63, 3.8) is 0 Å². The molecule has 92 valence electrons. The summed E-state index contributed by atoms with van der Waals surface area (Å²) in [4.78, 5) is 9.11. The molecule has 3 nitrogen and oxygen atoms in total. The van der Waals surface area contributed by atoms with Crippen LogP contribution in [0.1, 0.15) is 10.7 Å². The van der Waals surface area contributed by atoms with E-state index in [0.717, 1.165) is 11.6 Å². The van der Waals surface area contributed by atoms with Crippen LogP contribution in [0.3, 0.4) is 0 Å². The van der Waals surface area contributed by atoms with Gasteiger partial charge in [-0.15, -0.1) is 11.3 Å². The van der Waals surface area contributed by atoms with Gasteiger partial charge in [0.05, 0.1) is 4.88 Å². The Bertz CT molecular complexity index is 681. The number of nitrogens with one attached hydrogen (secondary N) is 2. The maximum Gasteiger partial charge on any atom is 0.107 e. The van der Waals surface area contributed by atoms with Crippen molar-refractivity contribution in [1.29, 1.82) is 0 Å². The molecule has 0 saturated heterocycles. The van der Waals surface area contributed by atoms with Gasteiger partial charge in [-0.2, -0.15) is 0 Å². The fraction of sp³-hybridized carbons (Fsp3) is 0.214. The maximum absolute atomic E-state index is 4.45. The van der Waals surface area contributed by atoms with Gasteiger partial charge in [-0.3, -0.25) is 0 Å². The molecule has 0 aliphatic heterocycles. The van der Waals surface area contributed by atoms with Crippen LogP contribution in [0.5, 0.6) is 0 Å². The molecular weight excluding hydrogens is 242 g/mol. The molecule has 0 aliphatic rings. The molecule has 0 fully saturated rings. The van der Waals surface area contributed by atoms with Crippen LogP contribution in [0.2, 0.25) is 0 Å². The highest BCUT2D eigenvalue weighted by atomic mass is 32.1. The summed E-state index contributed by atoms with van der Waals surface area (Å²) in [5.74, 6) is 0. The third kappa shape index (κ3) is 1.83. The molecule has 0 amide bonds. The van der Waals surface area contributed by atoms with E-state index in [1.165, 1.54) is 27.0 Å². The average molecular weight is 257 g/mol. The Morgan fingerprint density at radius 2 is 2.17 bits per heavy atom. The lowest BCUT2D eigenvalue weighted by Gasteiger charge is -1.96. The maximum atomic E-state index is 4.45. The van der Waals surface area contributed by atoms with Crippen molar-refractivity contribution in [2.45, 2.75) is 13.5 Å². The molecule has 0 atom stereocenters. The molecule has 18 heavy (non-hydrogen) atoms. The number of thiazole rings is 1. The first-order valence-electron chi connectivity index (χ1n) is 5.96. The third-order valence-corrected chi connectivity index (χ3v) is 4.04. The van der Waals surface area contributed by atoms with Gasteiger partial charge in [0, 0.05) is 34.9 Å². The second kappa shape index (κ2) is 4.55. The Hall–Kier alpha value is -1.65. The molecule has 0 aliphatic carbocycles. The largest absolute Gasteiger partial charge is 0.358 e. The van der Waals surface area contributed by atoms with E-state index in [1.54, 1.807) is 11.3 Å². The highest BCUT2D eigenvalue weighted by Gasteiger charge is 2.12. The lowest BCUT2D eigenvalue weighted by molar-refractivity contribution is 0.810. The van der Waals surface area contributed by atoms with Gasteiger partial charge in [0.25, 0.3) is 0 Å². The number of hydrogen-bond acceptors (Lipinski definition) is 3. The first kappa shape index (κ1) is 11.4. The van der Waals surface area contributed by atoms with E-state index < -0.39 is 0 Å². The summed E-state index contributed by atoms with van der Waals surface area (Å²) >= 11 is 1.75. The zero-order chi connectivity index (χ0) is 12.5. The normalized spacial score (nSPS) is 11.2. The number of aromatic nitrogens is 2. The lowest BCUT2D eigenvalue weighted by atomic mass is 10.1. The zero-order valence-corrected chi connectivity index (χ0v) is 11.3. The van der Waals surface area contributed by atoms with Crippen molar-refractivity contribution in [2.75, 3.05) is 7.05 Å². The summed E-state index contributed by atoms with van der Waals surface area (Å²) in [6.07, 6.45) is 1.97. The molecule has 0 saturated carbocycles. The van der Waals surface area contributed by atoms with Crippen molar-refractivity contribution in [3.8, 4) is 10.4 Å². The van der Waals surface area contributed by atoms with E-state index in [0.29, 0.717) is 0 Å². The number of aryl methyl sites for hydroxylation is 1. The molecule has 2 aromatic heterocycles. The molecular formula is C14H15N3S. The van der Waals surface area contributed by atoms with Crippen LogP contribution in [0.4, 0.5) is 0 Å². The van der Waals surface area contributed by atoms with Crippen molar-refractivity contribution in [3.05, 3.63) is 41.2 Å². The van der Waals surface area contributed by atoms with Crippen LogP contribution in [0.15, 0.2) is 30.5 Å². The summed E-state index contributed by atoms with van der Waals surface area (Å²) in [6, 6.07) is 8.41. The van der Waals surface area contributed by atoms with Gasteiger partial charge in [0.2, 0.25) is 0 Å². The molecule has 3 aromatic rings. The number of fused-ring (bicyclic) bond motifs is 1. The first-order valence-corrected chi connectivity index (χ1v) is 6.78. The van der Waals surface area contributed by atoms with Crippen LogP contribution in [-0.2, 0) is 6.54 Å². The number of rotatable bonds is 3. The van der Waals surface area contributed by atoms with E-state index in [1.807, 2.05) is 13.2 Å². The minimum atomic E-state index is 0.825. The van der Waals surface area contributed by atoms with Crippen LogP contribution < -0.4 is 5.32 Å². The van der Waals surface area contributed by atoms with Gasteiger partial charge < -0.3 is 10.3 Å². The standard InChI is InChI=1S/C14H15N3S/c1-9-14(10-5-3-4-6-11(10)17-9)12-7-16-13(18-12)8-15-2/h3-7,15,17H,8H2,1-2H3. The monoisotopic (exact) mass is 257 g/mol. The van der Waals surface area contributed by atoms with Gasteiger partial charge in [-0.1, -0.05) is 18.2 Å². The second-order valence-electron chi connectivity index (χ2n) is 4.32. The quantitative estimate of drug-likeness (QED) is 0.755. The minimum absolute atomic E-state index is 0.825. The van der Waals surface area contributed by atoms with Crippen molar-refractivity contribution >= 4 is 22.2 Å². The SMILES string of the molecule is CNCc1ncc(-c2c(C)[nH]c3ccccc23)s1. The first-order chi connectivity index (χ1) is 8.79. The van der Waals surface area contributed by atoms with E-state index in [-0.39, 0.29) is 0 Å². The molecule has 1 aromatic carbocycles. The van der Waals surface area contributed by atoms with Crippen LogP contribution in [-0.4, -0.2) is 17.0 Å². The molecule has 4 heteroatoms. The minimum Gasteiger partial charge on any atom is -0.358 e. The van der Waals surface area contributed by atoms with E-state index in [9.17, 15) is 0 Å². The van der Waals surface area contributed by atoms with Crippen molar-refractivity contribution in [2.24, 2.45) is 0 Å². The summed E-state index contributed by atoms with van der Waals surface area (Å²) < 4.78 is 0. The summed E-state index contributed by atoms with van der Waals surface area (Å²) in [7, 11) is 1.94. The Balaban J connectivity index is 2.15. The molecule has 0 radical (unpaired) electrons. The number of hydrogen-bond donors (Lipinski definition) is 2. The molecule has 0 spiro atoms. The molecule has 0 bridgehead atoms. The summed E-state index contributed by atoms with van der Waals surface area (Å²) in [5.41, 5.74) is 3.68. The number of benzene rings is 1. The number of nitrogens with zero attached hydrogens (tertiary/aromatic N) is 1. The summed E-state index contributed by atoms with van der Waals surface area (Å²) in [6.45, 7) is 2.94. The number of aromatic amines is 1. The van der Waals surface area contributed by atoms with Crippen LogP contribution in [0.25, 0.3) is 21.3 Å². The molecule has 2 heterocycles. The average Bonchev–Trinajstić information content (AvgIpc) is 2.92. The fourth-order valence-electron chi connectivity index (χ4n) is 2.25. The smallest absolute Gasteiger partial charge is 0.107 e. The number of H-pyrrole nitrogens is 1. The second-order valence-corrected chi connectivity index (χ2v) is 5.43. The van der Waals surface area contributed by atoms with Crippen LogP contribution >= 0.6 is 11.3 Å². The summed E-state index contributed by atoms with van der Waals surface area (Å²) in [5, 5.41) is 5.53. The number of para-hydroxylation sites is 1. The topological polar surface area (TPSA) is 40.7 Å². The van der Waals surface area contributed by atoms with Crippen molar-refractivity contribution < 1.29 is 0 Å². The van der Waals surface area contributed by atoms with E-state index in [4.69, 9.17) is 0 Å². The van der Waals surface area contributed by atoms with E-state index >= 15 is 0 Å². The van der Waals surface area contributed by atoms with Crippen LogP contribution in [0, 0.1) is 6.92 Å². The highest BCUT2D eigenvalue weighted by molar-refractivity contribution is 7.15. The van der Waals surface area contributed by atoms with Crippen molar-refractivity contribution in [1.82, 2.24) is 15.3 Å². The lowest BCUT2D eigenvalue weighted by Crippen LogP contribution is -2.03. The predicted octanol–water partition coefficient (Wildman–Crippen LogP) is 3.32. The van der Waals surface area contributed by atoms with Gasteiger partial charge in [-0.05, 0) is 20.0 Å². The van der Waals surface area contributed by atoms with E-state index in [2.05, 4.69) is 46.5 Å². The van der Waals surface area contributed by atoms with Gasteiger partial charge in [0.1, 0.15) is 5.01 Å². The highest BCUT2D eigenvalue weighted by Crippen LogP contribution is 2.35. The zero-order valence-electron chi connectivity index (χ0n) is 10.4. The Labute approximate surface area is 110 Å². The Kier molecular flexibility index (Phi) is 2.89. The van der Waals surface area contributed by atoms with Gasteiger partial charge in [-0.25, -0.2) is 4.98 Å². The third-order valence-electron chi connectivity index (χ3n) is 3.02. The Morgan fingerprint density at radius 1 is 1.33 bits per heavy atom. The van der Waals surface area contributed by atoms with Gasteiger partial charge >= 0.3 is 0 Å². The molecule has 3 rings (SSSR count). The fourth-order valence-corrected chi connectivity index (χ4v) is 3.30. The molecule has 2 N–H and O–H groups in total. The molecule has 0 unspecified atom stereocenters.